The van der Waals surface area contributed by atoms with Crippen LogP contribution in [0.5, 0.6) is 5.75 Å². The van der Waals surface area contributed by atoms with Gasteiger partial charge in [0.1, 0.15) is 5.75 Å². The lowest BCUT2D eigenvalue weighted by Crippen LogP contribution is -2.04. The van der Waals surface area contributed by atoms with Crippen LogP contribution in [0.3, 0.4) is 0 Å². The van der Waals surface area contributed by atoms with Gasteiger partial charge in [-0.2, -0.15) is 5.10 Å². The van der Waals surface area contributed by atoms with Crippen LogP contribution in [-0.4, -0.2) is 28.1 Å². The molecule has 6 heteroatoms. The summed E-state index contributed by atoms with van der Waals surface area (Å²) in [7, 11) is 0. The van der Waals surface area contributed by atoms with Gasteiger partial charge in [0.15, 0.2) is 0 Å². The van der Waals surface area contributed by atoms with E-state index in [0.717, 1.165) is 23.4 Å². The molecule has 0 saturated heterocycles. The van der Waals surface area contributed by atoms with Crippen LogP contribution < -0.4 is 10.1 Å². The van der Waals surface area contributed by atoms with Gasteiger partial charge in [0.25, 0.3) is 0 Å². The van der Waals surface area contributed by atoms with Crippen LogP contribution in [0, 0.1) is 0 Å². The van der Waals surface area contributed by atoms with Gasteiger partial charge in [0.05, 0.1) is 31.6 Å². The summed E-state index contributed by atoms with van der Waals surface area (Å²) in [4.78, 5) is 0. The first kappa shape index (κ1) is 15.7. The first-order valence-corrected chi connectivity index (χ1v) is 7.39. The standard InChI is InChI=1S/C15H20ClN3O2/c1-2-7-21-15-4-3-13(16)8-14(15)17-9-12-10-18-19(11-12)5-6-20/h3-4,8,10-11,17,20H,2,5-7,9H2,1H3. The van der Waals surface area contributed by atoms with Gasteiger partial charge in [-0.15, -0.1) is 0 Å². The molecule has 0 amide bonds. The van der Waals surface area contributed by atoms with E-state index in [1.807, 2.05) is 24.4 Å². The van der Waals surface area contributed by atoms with Gasteiger partial charge in [-0.05, 0) is 24.6 Å². The third-order valence-corrected chi connectivity index (χ3v) is 3.14. The number of nitrogens with zero attached hydrogens (tertiary/aromatic N) is 2. The molecule has 0 aliphatic carbocycles. The van der Waals surface area contributed by atoms with Gasteiger partial charge >= 0.3 is 0 Å². The molecule has 2 rings (SSSR count). The zero-order chi connectivity index (χ0) is 15.1. The zero-order valence-corrected chi connectivity index (χ0v) is 12.8. The molecule has 0 aliphatic heterocycles. The summed E-state index contributed by atoms with van der Waals surface area (Å²) in [6.07, 6.45) is 4.64. The van der Waals surface area contributed by atoms with Crippen molar-refractivity contribution in [2.45, 2.75) is 26.4 Å². The molecular formula is C15H20ClN3O2. The van der Waals surface area contributed by atoms with Crippen molar-refractivity contribution in [3.05, 3.63) is 41.2 Å². The van der Waals surface area contributed by atoms with E-state index in [2.05, 4.69) is 17.3 Å². The number of aromatic nitrogens is 2. The Morgan fingerprint density at radius 2 is 2.29 bits per heavy atom. The molecule has 1 aromatic carbocycles. The Hall–Kier alpha value is -1.72. The van der Waals surface area contributed by atoms with Crippen molar-refractivity contribution in [1.29, 1.82) is 0 Å². The summed E-state index contributed by atoms with van der Waals surface area (Å²) in [5, 5.41) is 17.0. The van der Waals surface area contributed by atoms with E-state index in [0.29, 0.717) is 24.7 Å². The predicted octanol–water partition coefficient (Wildman–Crippen LogP) is 2.93. The van der Waals surface area contributed by atoms with Gasteiger partial charge in [0.2, 0.25) is 0 Å². The number of nitrogens with one attached hydrogen (secondary N) is 1. The third kappa shape index (κ3) is 4.65. The fraction of sp³-hybridized carbons (Fsp3) is 0.400. The number of hydrogen-bond donors (Lipinski definition) is 2. The van der Waals surface area contributed by atoms with Crippen LogP contribution >= 0.6 is 11.6 Å². The first-order valence-electron chi connectivity index (χ1n) is 7.01. The van der Waals surface area contributed by atoms with Crippen molar-refractivity contribution in [1.82, 2.24) is 9.78 Å². The zero-order valence-electron chi connectivity index (χ0n) is 12.1. The van der Waals surface area contributed by atoms with Gasteiger partial charge in [-0.1, -0.05) is 18.5 Å². The van der Waals surface area contributed by atoms with Gasteiger partial charge < -0.3 is 15.2 Å². The summed E-state index contributed by atoms with van der Waals surface area (Å²) in [5.41, 5.74) is 1.90. The SMILES string of the molecule is CCCOc1ccc(Cl)cc1NCc1cnn(CCO)c1. The molecular weight excluding hydrogens is 290 g/mol. The van der Waals surface area contributed by atoms with Crippen LogP contribution in [-0.2, 0) is 13.1 Å². The van der Waals surface area contributed by atoms with Gasteiger partial charge in [-0.25, -0.2) is 0 Å². The molecule has 0 saturated carbocycles. The molecule has 0 unspecified atom stereocenters. The number of benzene rings is 1. The van der Waals surface area contributed by atoms with E-state index in [1.54, 1.807) is 10.9 Å². The molecule has 5 nitrogen and oxygen atoms in total. The highest BCUT2D eigenvalue weighted by Crippen LogP contribution is 2.28. The number of rotatable bonds is 8. The van der Waals surface area contributed by atoms with Crippen molar-refractivity contribution < 1.29 is 9.84 Å². The number of hydrogen-bond acceptors (Lipinski definition) is 4. The first-order chi connectivity index (χ1) is 10.2. The Bertz CT molecular complexity index is 572. The average molecular weight is 310 g/mol. The van der Waals surface area contributed by atoms with E-state index < -0.39 is 0 Å². The van der Waals surface area contributed by atoms with Crippen LogP contribution in [0.4, 0.5) is 5.69 Å². The highest BCUT2D eigenvalue weighted by atomic mass is 35.5. The molecule has 2 N–H and O–H groups in total. The summed E-state index contributed by atoms with van der Waals surface area (Å²) >= 11 is 6.04. The summed E-state index contributed by atoms with van der Waals surface area (Å²) in [6, 6.07) is 5.54. The quantitative estimate of drug-likeness (QED) is 0.787. The van der Waals surface area contributed by atoms with Crippen LogP contribution in [0.15, 0.2) is 30.6 Å². The Labute approximate surface area is 129 Å². The molecule has 1 aromatic heterocycles. The van der Waals surface area contributed by atoms with E-state index in [9.17, 15) is 0 Å². The topological polar surface area (TPSA) is 59.3 Å². The second-order valence-electron chi connectivity index (χ2n) is 4.68. The normalized spacial score (nSPS) is 10.6. The molecule has 2 aromatic rings. The van der Waals surface area contributed by atoms with Crippen molar-refractivity contribution >= 4 is 17.3 Å². The predicted molar refractivity (Wildman–Crippen MR) is 83.9 cm³/mol. The molecule has 0 fully saturated rings. The van der Waals surface area contributed by atoms with E-state index in [1.165, 1.54) is 0 Å². The minimum Gasteiger partial charge on any atom is -0.491 e. The molecule has 0 atom stereocenters. The molecule has 0 aliphatic rings. The van der Waals surface area contributed by atoms with Crippen LogP contribution in [0.25, 0.3) is 0 Å². The highest BCUT2D eigenvalue weighted by Gasteiger charge is 2.05. The third-order valence-electron chi connectivity index (χ3n) is 2.90. The Balaban J connectivity index is 2.01. The lowest BCUT2D eigenvalue weighted by molar-refractivity contribution is 0.269. The monoisotopic (exact) mass is 309 g/mol. The largest absolute Gasteiger partial charge is 0.491 e. The summed E-state index contributed by atoms with van der Waals surface area (Å²) in [6.45, 7) is 3.94. The number of aliphatic hydroxyl groups excluding tert-OH is 1. The lowest BCUT2D eigenvalue weighted by Gasteiger charge is -2.12. The Kier molecular flexibility index (Phi) is 5.90. The fourth-order valence-electron chi connectivity index (χ4n) is 1.90. The minimum absolute atomic E-state index is 0.0812. The minimum atomic E-state index is 0.0812. The van der Waals surface area contributed by atoms with Crippen molar-refractivity contribution in [3.8, 4) is 5.75 Å². The Morgan fingerprint density at radius 3 is 3.05 bits per heavy atom. The number of ether oxygens (including phenoxy) is 1. The van der Waals surface area contributed by atoms with Crippen molar-refractivity contribution in [3.63, 3.8) is 0 Å². The van der Waals surface area contributed by atoms with Gasteiger partial charge in [-0.3, -0.25) is 4.68 Å². The molecule has 0 spiro atoms. The molecule has 114 valence electrons. The van der Waals surface area contributed by atoms with Gasteiger partial charge in [0, 0.05) is 23.3 Å². The molecule has 21 heavy (non-hydrogen) atoms. The molecule has 0 radical (unpaired) electrons. The summed E-state index contributed by atoms with van der Waals surface area (Å²) in [5.74, 6) is 0.795. The number of anilines is 1. The second kappa shape index (κ2) is 7.90. The molecule has 1 heterocycles. The number of halogens is 1. The number of aliphatic hydroxyl groups is 1. The smallest absolute Gasteiger partial charge is 0.142 e. The maximum atomic E-state index is 8.88. The van der Waals surface area contributed by atoms with E-state index in [-0.39, 0.29) is 6.61 Å². The second-order valence-corrected chi connectivity index (χ2v) is 5.11. The average Bonchev–Trinajstić information content (AvgIpc) is 2.92. The summed E-state index contributed by atoms with van der Waals surface area (Å²) < 4.78 is 7.41. The van der Waals surface area contributed by atoms with E-state index in [4.69, 9.17) is 21.4 Å². The van der Waals surface area contributed by atoms with Crippen LogP contribution in [0.1, 0.15) is 18.9 Å². The van der Waals surface area contributed by atoms with Crippen molar-refractivity contribution in [2.24, 2.45) is 0 Å². The van der Waals surface area contributed by atoms with Crippen molar-refractivity contribution in [2.75, 3.05) is 18.5 Å². The maximum absolute atomic E-state index is 8.88. The highest BCUT2D eigenvalue weighted by molar-refractivity contribution is 6.30. The maximum Gasteiger partial charge on any atom is 0.142 e. The molecule has 0 bridgehead atoms. The fourth-order valence-corrected chi connectivity index (χ4v) is 2.07. The Morgan fingerprint density at radius 1 is 1.43 bits per heavy atom. The lowest BCUT2D eigenvalue weighted by atomic mass is 10.2. The van der Waals surface area contributed by atoms with Crippen LogP contribution in [0.2, 0.25) is 5.02 Å². The van der Waals surface area contributed by atoms with E-state index >= 15 is 0 Å².